The monoisotopic (exact) mass is 345 g/mol. The van der Waals surface area contributed by atoms with Crippen molar-refractivity contribution in [3.63, 3.8) is 0 Å². The fourth-order valence-corrected chi connectivity index (χ4v) is 4.39. The Labute approximate surface area is 154 Å². The predicted octanol–water partition coefficient (Wildman–Crippen LogP) is 4.49. The van der Waals surface area contributed by atoms with Crippen LogP contribution in [0.25, 0.3) is 0 Å². The van der Waals surface area contributed by atoms with Gasteiger partial charge in [0, 0.05) is 24.6 Å². The molecular weight excluding hydrogens is 322 g/mol. The lowest BCUT2D eigenvalue weighted by Gasteiger charge is -2.46. The van der Waals surface area contributed by atoms with Crippen molar-refractivity contribution >= 4 is 17.3 Å². The Balaban J connectivity index is 1.80. The highest BCUT2D eigenvalue weighted by molar-refractivity contribution is 5.94. The zero-order valence-corrected chi connectivity index (χ0v) is 15.1. The number of carbonyl (C=O) groups excluding carboxylic acids is 1. The molecular formula is C22H23N3O. The number of nitrogens with zero attached hydrogens (tertiary/aromatic N) is 2. The van der Waals surface area contributed by atoms with Gasteiger partial charge in [0.05, 0.1) is 17.3 Å². The fourth-order valence-electron chi connectivity index (χ4n) is 4.39. The van der Waals surface area contributed by atoms with E-state index in [0.29, 0.717) is 11.5 Å². The molecule has 1 heterocycles. The number of nitriles is 1. The van der Waals surface area contributed by atoms with Crippen molar-refractivity contribution in [2.75, 3.05) is 10.2 Å². The molecule has 2 unspecified atom stereocenters. The van der Waals surface area contributed by atoms with E-state index in [1.165, 1.54) is 12.8 Å². The average molecular weight is 345 g/mol. The maximum atomic E-state index is 12.5. The predicted molar refractivity (Wildman–Crippen MR) is 103 cm³/mol. The molecule has 0 saturated heterocycles. The van der Waals surface area contributed by atoms with Crippen molar-refractivity contribution < 1.29 is 4.79 Å². The number of nitrogens with one attached hydrogen (secondary N) is 1. The summed E-state index contributed by atoms with van der Waals surface area (Å²) < 4.78 is 0. The molecule has 1 N–H and O–H groups in total. The van der Waals surface area contributed by atoms with Crippen molar-refractivity contribution in [2.45, 2.75) is 38.8 Å². The van der Waals surface area contributed by atoms with Gasteiger partial charge in [-0.05, 0) is 42.5 Å². The van der Waals surface area contributed by atoms with Gasteiger partial charge in [-0.1, -0.05) is 37.3 Å². The van der Waals surface area contributed by atoms with Crippen LogP contribution in [-0.2, 0) is 4.79 Å². The van der Waals surface area contributed by atoms with Crippen molar-refractivity contribution in [1.29, 1.82) is 5.26 Å². The number of para-hydroxylation sites is 2. The minimum atomic E-state index is 0.0712. The van der Waals surface area contributed by atoms with Crippen molar-refractivity contribution in [3.05, 3.63) is 59.7 Å². The van der Waals surface area contributed by atoms with Crippen LogP contribution in [0.4, 0.5) is 11.4 Å². The largest absolute Gasteiger partial charge is 0.377 e. The SMILES string of the molecule is CC(=O)N1c2ccccc2C(Nc2ccccc2C#N)[C@@H](C)C1C1CC1. The van der Waals surface area contributed by atoms with E-state index in [-0.39, 0.29) is 23.9 Å². The standard InChI is InChI=1S/C22H23N3O/c1-14-21(24-19-9-5-3-7-17(19)13-23)18-8-4-6-10-20(18)25(15(2)26)22(14)16-11-12-16/h3-10,14,16,21-22,24H,11-12H2,1-2H3/t14-,21?,22?/m1/s1. The Morgan fingerprint density at radius 2 is 1.85 bits per heavy atom. The summed E-state index contributed by atoms with van der Waals surface area (Å²) in [6.45, 7) is 3.89. The molecule has 132 valence electrons. The molecule has 1 aliphatic carbocycles. The lowest BCUT2D eigenvalue weighted by molar-refractivity contribution is -0.117. The molecule has 0 radical (unpaired) electrons. The van der Waals surface area contributed by atoms with Gasteiger partial charge in [0.1, 0.15) is 6.07 Å². The Bertz CT molecular complexity index is 881. The summed E-state index contributed by atoms with van der Waals surface area (Å²) in [6.07, 6.45) is 2.37. The maximum Gasteiger partial charge on any atom is 0.224 e. The molecule has 0 aromatic heterocycles. The van der Waals surface area contributed by atoms with Crippen LogP contribution in [0, 0.1) is 23.2 Å². The highest BCUT2D eigenvalue weighted by Gasteiger charge is 2.47. The van der Waals surface area contributed by atoms with E-state index in [1.54, 1.807) is 6.92 Å². The van der Waals surface area contributed by atoms with E-state index in [0.717, 1.165) is 16.9 Å². The molecule has 1 amide bonds. The van der Waals surface area contributed by atoms with Gasteiger partial charge in [-0.25, -0.2) is 0 Å². The lowest BCUT2D eigenvalue weighted by atomic mass is 9.80. The first-order valence-corrected chi connectivity index (χ1v) is 9.26. The molecule has 3 atom stereocenters. The quantitative estimate of drug-likeness (QED) is 0.891. The number of hydrogen-bond acceptors (Lipinski definition) is 3. The molecule has 0 spiro atoms. The number of carbonyl (C=O) groups is 1. The van der Waals surface area contributed by atoms with Crippen LogP contribution in [0.2, 0.25) is 0 Å². The average Bonchev–Trinajstić information content (AvgIpc) is 3.48. The topological polar surface area (TPSA) is 56.1 Å². The summed E-state index contributed by atoms with van der Waals surface area (Å²) in [5.41, 5.74) is 3.63. The first kappa shape index (κ1) is 16.7. The number of rotatable bonds is 3. The molecule has 1 saturated carbocycles. The zero-order valence-electron chi connectivity index (χ0n) is 15.1. The number of hydrogen-bond donors (Lipinski definition) is 1. The number of amides is 1. The van der Waals surface area contributed by atoms with Gasteiger partial charge in [0.25, 0.3) is 0 Å². The first-order chi connectivity index (χ1) is 12.6. The van der Waals surface area contributed by atoms with Gasteiger partial charge < -0.3 is 10.2 Å². The van der Waals surface area contributed by atoms with E-state index in [9.17, 15) is 10.1 Å². The summed E-state index contributed by atoms with van der Waals surface area (Å²) in [5, 5.41) is 13.0. The van der Waals surface area contributed by atoms with Crippen LogP contribution < -0.4 is 10.2 Å². The highest BCUT2D eigenvalue weighted by atomic mass is 16.2. The Morgan fingerprint density at radius 3 is 2.54 bits per heavy atom. The number of anilines is 2. The van der Waals surface area contributed by atoms with Crippen LogP contribution in [-0.4, -0.2) is 11.9 Å². The molecule has 26 heavy (non-hydrogen) atoms. The third-order valence-electron chi connectivity index (χ3n) is 5.70. The van der Waals surface area contributed by atoms with Gasteiger partial charge in [-0.3, -0.25) is 4.79 Å². The lowest BCUT2D eigenvalue weighted by Crippen LogP contribution is -2.51. The normalized spacial score (nSPS) is 24.5. The fraction of sp³-hybridized carbons (Fsp3) is 0.364. The third-order valence-corrected chi connectivity index (χ3v) is 5.70. The summed E-state index contributed by atoms with van der Waals surface area (Å²) in [4.78, 5) is 14.5. The smallest absolute Gasteiger partial charge is 0.224 e. The van der Waals surface area contributed by atoms with Gasteiger partial charge >= 0.3 is 0 Å². The van der Waals surface area contributed by atoms with Gasteiger partial charge in [0.15, 0.2) is 0 Å². The maximum absolute atomic E-state index is 12.5. The third kappa shape index (κ3) is 2.74. The zero-order chi connectivity index (χ0) is 18.3. The molecule has 4 rings (SSSR count). The van der Waals surface area contributed by atoms with Crippen LogP contribution in [0.3, 0.4) is 0 Å². The Hall–Kier alpha value is -2.80. The molecule has 4 heteroatoms. The van der Waals surface area contributed by atoms with Gasteiger partial charge in [-0.15, -0.1) is 0 Å². The van der Waals surface area contributed by atoms with Crippen LogP contribution >= 0.6 is 0 Å². The number of fused-ring (bicyclic) bond motifs is 1. The van der Waals surface area contributed by atoms with E-state index in [4.69, 9.17) is 0 Å². The molecule has 1 fully saturated rings. The van der Waals surface area contributed by atoms with Crippen LogP contribution in [0.5, 0.6) is 0 Å². The second-order valence-corrected chi connectivity index (χ2v) is 7.41. The number of benzene rings is 2. The van der Waals surface area contributed by atoms with Crippen LogP contribution in [0.15, 0.2) is 48.5 Å². The Kier molecular flexibility index (Phi) is 4.16. The first-order valence-electron chi connectivity index (χ1n) is 9.26. The summed E-state index contributed by atoms with van der Waals surface area (Å²) in [5.74, 6) is 0.933. The Morgan fingerprint density at radius 1 is 1.15 bits per heavy atom. The van der Waals surface area contributed by atoms with Crippen LogP contribution in [0.1, 0.15) is 43.9 Å². The summed E-state index contributed by atoms with van der Waals surface area (Å²) >= 11 is 0. The molecule has 4 nitrogen and oxygen atoms in total. The second-order valence-electron chi connectivity index (χ2n) is 7.41. The van der Waals surface area contributed by atoms with Crippen molar-refractivity contribution in [1.82, 2.24) is 0 Å². The summed E-state index contributed by atoms with van der Waals surface area (Å²) in [7, 11) is 0. The molecule has 0 bridgehead atoms. The van der Waals surface area contributed by atoms with E-state index in [1.807, 2.05) is 47.4 Å². The molecule has 2 aromatic rings. The van der Waals surface area contributed by atoms with E-state index >= 15 is 0 Å². The molecule has 2 aromatic carbocycles. The highest BCUT2D eigenvalue weighted by Crippen LogP contribution is 2.50. The van der Waals surface area contributed by atoms with Gasteiger partial charge in [0.2, 0.25) is 5.91 Å². The molecule has 2 aliphatic rings. The summed E-state index contributed by atoms with van der Waals surface area (Å²) in [6, 6.07) is 18.3. The van der Waals surface area contributed by atoms with E-state index in [2.05, 4.69) is 24.4 Å². The van der Waals surface area contributed by atoms with E-state index < -0.39 is 0 Å². The minimum absolute atomic E-state index is 0.0712. The minimum Gasteiger partial charge on any atom is -0.377 e. The molecule has 1 aliphatic heterocycles. The van der Waals surface area contributed by atoms with Crippen molar-refractivity contribution in [3.8, 4) is 6.07 Å². The van der Waals surface area contributed by atoms with Gasteiger partial charge in [-0.2, -0.15) is 5.26 Å². The van der Waals surface area contributed by atoms with Crippen molar-refractivity contribution in [2.24, 2.45) is 11.8 Å². The second kappa shape index (κ2) is 6.49.